The second-order valence-electron chi connectivity index (χ2n) is 9.89. The van der Waals surface area contributed by atoms with Crippen LogP contribution in [0.3, 0.4) is 0 Å². The molecule has 7 heteroatoms. The Labute approximate surface area is 227 Å². The third-order valence-corrected chi connectivity index (χ3v) is 8.62. The highest BCUT2D eigenvalue weighted by Gasteiger charge is 2.42. The average molecular weight is 523 g/mol. The predicted octanol–water partition coefficient (Wildman–Crippen LogP) is 5.45. The van der Waals surface area contributed by atoms with E-state index >= 15 is 0 Å². The maximum Gasteiger partial charge on any atom is 0.264 e. The number of carbonyl (C=O) groups excluding carboxylic acids is 2. The van der Waals surface area contributed by atoms with Crippen molar-refractivity contribution in [1.29, 1.82) is 0 Å². The van der Waals surface area contributed by atoms with Gasteiger partial charge in [-0.3, -0.25) is 19.4 Å². The number of imide groups is 1. The number of thiazole rings is 1. The number of rotatable bonds is 7. The number of hydrogen-bond acceptors (Lipinski definition) is 6. The molecule has 1 aromatic heterocycles. The second-order valence-corrected chi connectivity index (χ2v) is 10.8. The van der Waals surface area contributed by atoms with Gasteiger partial charge in [0.1, 0.15) is 5.01 Å². The first kappa shape index (κ1) is 24.5. The van der Waals surface area contributed by atoms with E-state index in [-0.39, 0.29) is 17.9 Å². The summed E-state index contributed by atoms with van der Waals surface area (Å²) in [7, 11) is 0. The number of benzene rings is 3. The van der Waals surface area contributed by atoms with E-state index in [0.717, 1.165) is 43.4 Å². The Balaban J connectivity index is 1.19. The zero-order chi connectivity index (χ0) is 26.1. The Kier molecular flexibility index (Phi) is 6.79. The first-order chi connectivity index (χ1) is 18.6. The third kappa shape index (κ3) is 4.52. The Hall–Kier alpha value is -3.81. The molecule has 3 heterocycles. The predicted molar refractivity (Wildman–Crippen MR) is 151 cm³/mol. The highest BCUT2D eigenvalue weighted by molar-refractivity contribution is 7.09. The lowest BCUT2D eigenvalue weighted by atomic mass is 9.90. The van der Waals surface area contributed by atoms with Crippen molar-refractivity contribution in [2.24, 2.45) is 0 Å². The summed E-state index contributed by atoms with van der Waals surface area (Å²) in [5.74, 6) is -0.161. The van der Waals surface area contributed by atoms with E-state index in [4.69, 9.17) is 0 Å². The molecule has 38 heavy (non-hydrogen) atoms. The summed E-state index contributed by atoms with van der Waals surface area (Å²) in [6.07, 6.45) is 1.71. The fraction of sp³-hybridized carbons (Fsp3) is 0.258. The fourth-order valence-electron chi connectivity index (χ4n) is 5.66. The minimum atomic E-state index is -0.389. The van der Waals surface area contributed by atoms with Crippen molar-refractivity contribution < 1.29 is 9.59 Å². The number of piperazine rings is 1. The lowest BCUT2D eigenvalue weighted by Gasteiger charge is -2.38. The van der Waals surface area contributed by atoms with Gasteiger partial charge in [0, 0.05) is 50.2 Å². The van der Waals surface area contributed by atoms with E-state index < -0.39 is 0 Å². The number of amides is 2. The molecule has 0 saturated carbocycles. The van der Waals surface area contributed by atoms with Crippen LogP contribution in [0.2, 0.25) is 0 Å². The van der Waals surface area contributed by atoms with Crippen molar-refractivity contribution in [2.45, 2.75) is 18.9 Å². The second kappa shape index (κ2) is 10.5. The van der Waals surface area contributed by atoms with Crippen LogP contribution < -0.4 is 4.90 Å². The summed E-state index contributed by atoms with van der Waals surface area (Å²) >= 11 is 1.46. The minimum absolute atomic E-state index is 0.223. The monoisotopic (exact) mass is 522 g/mol. The smallest absolute Gasteiger partial charge is 0.264 e. The van der Waals surface area contributed by atoms with Crippen LogP contribution >= 0.6 is 11.3 Å². The summed E-state index contributed by atoms with van der Waals surface area (Å²) in [6, 6.07) is 26.7. The van der Waals surface area contributed by atoms with Crippen molar-refractivity contribution in [3.63, 3.8) is 0 Å². The molecule has 0 unspecified atom stereocenters. The standard InChI is InChI=1S/C31H30N4O2S/c1-22(29-32-15-20-38-29)35-30(36)25-13-8-14-27(28(25)31(35)37)34-18-16-33(17-19-34)21-26(23-9-4-2-5-10-23)24-11-6-3-7-12-24/h2-15,20,22,26H,16-19,21H2,1H3/t22-/m0/s1. The van der Waals surface area contributed by atoms with Gasteiger partial charge in [-0.1, -0.05) is 66.7 Å². The Morgan fingerprint density at radius 3 is 2.08 bits per heavy atom. The van der Waals surface area contributed by atoms with Crippen LogP contribution in [0.15, 0.2) is 90.4 Å². The van der Waals surface area contributed by atoms with Crippen LogP contribution in [0.25, 0.3) is 0 Å². The number of nitrogens with zero attached hydrogens (tertiary/aromatic N) is 4. The molecule has 2 aliphatic rings. The normalized spacial score (nSPS) is 16.8. The lowest BCUT2D eigenvalue weighted by molar-refractivity contribution is 0.0595. The zero-order valence-corrected chi connectivity index (χ0v) is 22.2. The number of aromatic nitrogens is 1. The molecule has 1 fully saturated rings. The molecular weight excluding hydrogens is 492 g/mol. The molecule has 0 radical (unpaired) electrons. The van der Waals surface area contributed by atoms with Crippen LogP contribution in [0.1, 0.15) is 55.7 Å². The highest BCUT2D eigenvalue weighted by Crippen LogP contribution is 2.37. The van der Waals surface area contributed by atoms with Crippen LogP contribution in [0.5, 0.6) is 0 Å². The number of hydrogen-bond donors (Lipinski definition) is 0. The fourth-order valence-corrected chi connectivity index (χ4v) is 6.34. The van der Waals surface area contributed by atoms with E-state index in [1.54, 1.807) is 12.3 Å². The molecule has 2 aliphatic heterocycles. The molecule has 192 valence electrons. The van der Waals surface area contributed by atoms with Gasteiger partial charge >= 0.3 is 0 Å². The van der Waals surface area contributed by atoms with Crippen molar-refractivity contribution in [1.82, 2.24) is 14.8 Å². The maximum atomic E-state index is 13.6. The third-order valence-electron chi connectivity index (χ3n) is 7.68. The Morgan fingerprint density at radius 1 is 0.816 bits per heavy atom. The largest absolute Gasteiger partial charge is 0.368 e. The van der Waals surface area contributed by atoms with Gasteiger partial charge in [0.05, 0.1) is 22.9 Å². The highest BCUT2D eigenvalue weighted by atomic mass is 32.1. The molecule has 4 aromatic rings. The molecule has 6 rings (SSSR count). The number of anilines is 1. The van der Waals surface area contributed by atoms with Crippen molar-refractivity contribution >= 4 is 28.8 Å². The SMILES string of the molecule is C[C@@H](c1nccs1)N1C(=O)c2cccc(N3CCN(CC(c4ccccc4)c4ccccc4)CC3)c2C1=O. The van der Waals surface area contributed by atoms with Crippen LogP contribution in [-0.4, -0.2) is 59.3 Å². The summed E-state index contributed by atoms with van der Waals surface area (Å²) in [5, 5.41) is 2.63. The molecule has 0 N–H and O–H groups in total. The van der Waals surface area contributed by atoms with E-state index in [1.165, 1.54) is 27.4 Å². The number of fused-ring (bicyclic) bond motifs is 1. The first-order valence-corrected chi connectivity index (χ1v) is 14.0. The van der Waals surface area contributed by atoms with Gasteiger partial charge in [0.25, 0.3) is 11.8 Å². The summed E-state index contributed by atoms with van der Waals surface area (Å²) in [4.78, 5) is 37.3. The zero-order valence-electron chi connectivity index (χ0n) is 21.4. The summed E-state index contributed by atoms with van der Waals surface area (Å²) in [6.45, 7) is 6.19. The molecular formula is C31H30N4O2S. The van der Waals surface area contributed by atoms with Crippen molar-refractivity contribution in [2.75, 3.05) is 37.6 Å². The summed E-state index contributed by atoms with van der Waals surface area (Å²) < 4.78 is 0. The van der Waals surface area contributed by atoms with E-state index in [1.807, 2.05) is 24.4 Å². The molecule has 6 nitrogen and oxygen atoms in total. The van der Waals surface area contributed by atoms with Gasteiger partial charge < -0.3 is 4.90 Å². The van der Waals surface area contributed by atoms with E-state index in [2.05, 4.69) is 75.4 Å². The topological polar surface area (TPSA) is 56.8 Å². The molecule has 0 bridgehead atoms. The van der Waals surface area contributed by atoms with Gasteiger partial charge in [-0.15, -0.1) is 11.3 Å². The molecule has 0 spiro atoms. The van der Waals surface area contributed by atoms with Gasteiger partial charge in [-0.2, -0.15) is 0 Å². The van der Waals surface area contributed by atoms with Crippen LogP contribution in [-0.2, 0) is 0 Å². The lowest BCUT2D eigenvalue weighted by Crippen LogP contribution is -2.48. The van der Waals surface area contributed by atoms with E-state index in [9.17, 15) is 9.59 Å². The minimum Gasteiger partial charge on any atom is -0.368 e. The van der Waals surface area contributed by atoms with E-state index in [0.29, 0.717) is 17.0 Å². The first-order valence-electron chi connectivity index (χ1n) is 13.1. The van der Waals surface area contributed by atoms with Gasteiger partial charge in [0.15, 0.2) is 0 Å². The quantitative estimate of drug-likeness (QED) is 0.302. The Morgan fingerprint density at radius 2 is 1.47 bits per heavy atom. The van der Waals surface area contributed by atoms with Gasteiger partial charge in [-0.25, -0.2) is 4.98 Å². The maximum absolute atomic E-state index is 13.6. The number of carbonyl (C=O) groups is 2. The molecule has 1 atom stereocenters. The molecule has 2 amide bonds. The van der Waals surface area contributed by atoms with Gasteiger partial charge in [-0.05, 0) is 30.2 Å². The van der Waals surface area contributed by atoms with Crippen LogP contribution in [0, 0.1) is 0 Å². The van der Waals surface area contributed by atoms with Crippen molar-refractivity contribution in [3.05, 3.63) is 118 Å². The van der Waals surface area contributed by atoms with Crippen molar-refractivity contribution in [3.8, 4) is 0 Å². The summed E-state index contributed by atoms with van der Waals surface area (Å²) in [5.41, 5.74) is 4.52. The molecule has 1 saturated heterocycles. The van der Waals surface area contributed by atoms with Crippen LogP contribution in [0.4, 0.5) is 5.69 Å². The molecule has 3 aromatic carbocycles. The molecule has 0 aliphatic carbocycles. The average Bonchev–Trinajstić information content (AvgIpc) is 3.60. The Bertz CT molecular complexity index is 1380. The van der Waals surface area contributed by atoms with Gasteiger partial charge in [0.2, 0.25) is 0 Å².